The minimum Gasteiger partial charge on any atom is -0.441 e. The molecule has 2 aromatic heterocycles. The van der Waals surface area contributed by atoms with Gasteiger partial charge in [0, 0.05) is 35.0 Å². The number of nitrogens with one attached hydrogen (secondary N) is 1. The number of hydrogen-bond donors (Lipinski definition) is 1. The number of anilines is 1. The van der Waals surface area contributed by atoms with Crippen LogP contribution in [-0.4, -0.2) is 15.9 Å². The first-order valence-corrected chi connectivity index (χ1v) is 7.86. The molecule has 0 aliphatic rings. The number of carbonyl (C=O) groups excluding carboxylic acids is 1. The average Bonchev–Trinajstić information content (AvgIpc) is 3.17. The summed E-state index contributed by atoms with van der Waals surface area (Å²) < 4.78 is 5.65. The van der Waals surface area contributed by atoms with Gasteiger partial charge in [-0.25, -0.2) is 9.97 Å². The molecule has 0 radical (unpaired) electrons. The van der Waals surface area contributed by atoms with Crippen molar-refractivity contribution in [2.75, 3.05) is 5.32 Å². The topological polar surface area (TPSA) is 68.0 Å². The Kier molecular flexibility index (Phi) is 4.50. The van der Waals surface area contributed by atoms with E-state index in [-0.39, 0.29) is 5.91 Å². The number of thiazole rings is 1. The minimum absolute atomic E-state index is 0.110. The molecule has 0 atom stereocenters. The van der Waals surface area contributed by atoms with Crippen molar-refractivity contribution < 1.29 is 9.21 Å². The number of aryl methyl sites for hydroxylation is 1. The molecule has 1 aromatic carbocycles. The molecule has 0 saturated carbocycles. The number of rotatable bonds is 5. The van der Waals surface area contributed by atoms with Gasteiger partial charge in [-0.3, -0.25) is 4.79 Å². The second-order valence-electron chi connectivity index (χ2n) is 4.51. The highest BCUT2D eigenvalue weighted by molar-refractivity contribution is 7.13. The van der Waals surface area contributed by atoms with Crippen molar-refractivity contribution in [3.8, 4) is 11.3 Å². The highest BCUT2D eigenvalue weighted by Gasteiger charge is 2.10. The first kappa shape index (κ1) is 14.7. The monoisotopic (exact) mass is 333 g/mol. The molecule has 0 aliphatic heterocycles. The van der Waals surface area contributed by atoms with Crippen molar-refractivity contribution in [2.24, 2.45) is 0 Å². The summed E-state index contributed by atoms with van der Waals surface area (Å²) in [7, 11) is 0. The SMILES string of the molecule is O=C(CCc1ncc(-c2ccc(Cl)cc2)o1)Nc1nccs1. The number of carbonyl (C=O) groups is 1. The fourth-order valence-electron chi connectivity index (χ4n) is 1.86. The first-order chi connectivity index (χ1) is 10.7. The van der Waals surface area contributed by atoms with Gasteiger partial charge in [-0.15, -0.1) is 11.3 Å². The summed E-state index contributed by atoms with van der Waals surface area (Å²) in [5.74, 6) is 1.08. The van der Waals surface area contributed by atoms with Gasteiger partial charge in [0.2, 0.25) is 5.91 Å². The fourth-order valence-corrected chi connectivity index (χ4v) is 2.53. The summed E-state index contributed by atoms with van der Waals surface area (Å²) in [4.78, 5) is 20.0. The third-order valence-electron chi connectivity index (χ3n) is 2.93. The molecule has 0 spiro atoms. The van der Waals surface area contributed by atoms with E-state index < -0.39 is 0 Å². The molecule has 7 heteroatoms. The van der Waals surface area contributed by atoms with Gasteiger partial charge >= 0.3 is 0 Å². The van der Waals surface area contributed by atoms with E-state index >= 15 is 0 Å². The quantitative estimate of drug-likeness (QED) is 0.765. The second kappa shape index (κ2) is 6.72. The normalized spacial score (nSPS) is 10.6. The van der Waals surface area contributed by atoms with Crippen LogP contribution in [0.4, 0.5) is 5.13 Å². The summed E-state index contributed by atoms with van der Waals surface area (Å²) in [6.07, 6.45) is 4.02. The van der Waals surface area contributed by atoms with Crippen molar-refractivity contribution in [3.05, 3.63) is 53.0 Å². The predicted octanol–water partition coefficient (Wildman–Crippen LogP) is 4.02. The second-order valence-corrected chi connectivity index (χ2v) is 5.84. The molecule has 5 nitrogen and oxygen atoms in total. The third kappa shape index (κ3) is 3.72. The van der Waals surface area contributed by atoms with Gasteiger partial charge < -0.3 is 9.73 Å². The van der Waals surface area contributed by atoms with Crippen LogP contribution in [0.1, 0.15) is 12.3 Å². The summed E-state index contributed by atoms with van der Waals surface area (Å²) in [5.41, 5.74) is 0.899. The van der Waals surface area contributed by atoms with E-state index in [0.717, 1.165) is 5.56 Å². The number of oxazole rings is 1. The molecule has 2 heterocycles. The number of benzene rings is 1. The maximum atomic E-state index is 11.8. The Hall–Kier alpha value is -2.18. The van der Waals surface area contributed by atoms with Crippen LogP contribution in [0.5, 0.6) is 0 Å². The van der Waals surface area contributed by atoms with Crippen LogP contribution >= 0.6 is 22.9 Å². The zero-order valence-corrected chi connectivity index (χ0v) is 13.0. The van der Waals surface area contributed by atoms with Crippen LogP contribution in [-0.2, 0) is 11.2 Å². The molecule has 0 unspecified atom stereocenters. The lowest BCUT2D eigenvalue weighted by Crippen LogP contribution is -2.12. The Morgan fingerprint density at radius 2 is 2.09 bits per heavy atom. The summed E-state index contributed by atoms with van der Waals surface area (Å²) in [6.45, 7) is 0. The molecular weight excluding hydrogens is 322 g/mol. The van der Waals surface area contributed by atoms with Crippen molar-refractivity contribution in [1.29, 1.82) is 0 Å². The van der Waals surface area contributed by atoms with E-state index in [9.17, 15) is 4.79 Å². The maximum absolute atomic E-state index is 11.8. The number of hydrogen-bond acceptors (Lipinski definition) is 5. The molecule has 0 aliphatic carbocycles. The summed E-state index contributed by atoms with van der Waals surface area (Å²) >= 11 is 7.23. The number of nitrogens with zero attached hydrogens (tertiary/aromatic N) is 2. The molecule has 1 N–H and O–H groups in total. The lowest BCUT2D eigenvalue weighted by atomic mass is 10.2. The van der Waals surface area contributed by atoms with Crippen molar-refractivity contribution in [2.45, 2.75) is 12.8 Å². The number of amides is 1. The summed E-state index contributed by atoms with van der Waals surface area (Å²) in [5, 5.41) is 5.79. The van der Waals surface area contributed by atoms with E-state index in [4.69, 9.17) is 16.0 Å². The van der Waals surface area contributed by atoms with E-state index in [0.29, 0.717) is 34.6 Å². The molecule has 22 heavy (non-hydrogen) atoms. The van der Waals surface area contributed by atoms with Crippen LogP contribution in [0.2, 0.25) is 5.02 Å². The molecule has 1 amide bonds. The van der Waals surface area contributed by atoms with E-state index in [2.05, 4.69) is 15.3 Å². The molecule has 3 aromatic rings. The Morgan fingerprint density at radius 3 is 2.82 bits per heavy atom. The minimum atomic E-state index is -0.110. The van der Waals surface area contributed by atoms with Crippen LogP contribution in [0, 0.1) is 0 Å². The lowest BCUT2D eigenvalue weighted by Gasteiger charge is -1.99. The number of halogens is 1. The van der Waals surface area contributed by atoms with Crippen LogP contribution in [0.3, 0.4) is 0 Å². The lowest BCUT2D eigenvalue weighted by molar-refractivity contribution is -0.116. The average molecular weight is 334 g/mol. The van der Waals surface area contributed by atoms with Crippen molar-refractivity contribution in [3.63, 3.8) is 0 Å². The Bertz CT molecular complexity index is 753. The largest absolute Gasteiger partial charge is 0.441 e. The Morgan fingerprint density at radius 1 is 1.27 bits per heavy atom. The third-order valence-corrected chi connectivity index (χ3v) is 3.87. The number of aromatic nitrogens is 2. The molecule has 0 fully saturated rings. The molecular formula is C15H12ClN3O2S. The van der Waals surface area contributed by atoms with Gasteiger partial charge in [-0.1, -0.05) is 11.6 Å². The van der Waals surface area contributed by atoms with Gasteiger partial charge in [-0.05, 0) is 24.3 Å². The van der Waals surface area contributed by atoms with Crippen LogP contribution in [0.15, 0.2) is 46.5 Å². The molecule has 0 bridgehead atoms. The van der Waals surface area contributed by atoms with Crippen LogP contribution < -0.4 is 5.32 Å². The standard InChI is InChI=1S/C15H12ClN3O2S/c16-11-3-1-10(2-4-11)12-9-18-14(21-12)6-5-13(20)19-15-17-7-8-22-15/h1-4,7-9H,5-6H2,(H,17,19,20). The predicted molar refractivity (Wildman–Crippen MR) is 86.0 cm³/mol. The summed E-state index contributed by atoms with van der Waals surface area (Å²) in [6, 6.07) is 7.31. The van der Waals surface area contributed by atoms with Gasteiger partial charge in [0.15, 0.2) is 16.8 Å². The zero-order valence-electron chi connectivity index (χ0n) is 11.5. The maximum Gasteiger partial charge on any atom is 0.226 e. The van der Waals surface area contributed by atoms with E-state index in [1.807, 2.05) is 17.5 Å². The van der Waals surface area contributed by atoms with Gasteiger partial charge in [0.05, 0.1) is 6.20 Å². The first-order valence-electron chi connectivity index (χ1n) is 6.61. The zero-order chi connectivity index (χ0) is 15.4. The van der Waals surface area contributed by atoms with Gasteiger partial charge in [0.25, 0.3) is 0 Å². The van der Waals surface area contributed by atoms with Gasteiger partial charge in [-0.2, -0.15) is 0 Å². The van der Waals surface area contributed by atoms with Crippen molar-refractivity contribution >= 4 is 34.0 Å². The molecule has 0 saturated heterocycles. The molecule has 112 valence electrons. The van der Waals surface area contributed by atoms with Crippen LogP contribution in [0.25, 0.3) is 11.3 Å². The Labute approximate surface area is 136 Å². The Balaban J connectivity index is 1.57. The highest BCUT2D eigenvalue weighted by atomic mass is 35.5. The molecule has 3 rings (SSSR count). The van der Waals surface area contributed by atoms with E-state index in [1.54, 1.807) is 24.5 Å². The van der Waals surface area contributed by atoms with E-state index in [1.165, 1.54) is 11.3 Å². The highest BCUT2D eigenvalue weighted by Crippen LogP contribution is 2.22. The fraction of sp³-hybridized carbons (Fsp3) is 0.133. The van der Waals surface area contributed by atoms with Crippen molar-refractivity contribution in [1.82, 2.24) is 9.97 Å². The smallest absolute Gasteiger partial charge is 0.226 e. The van der Waals surface area contributed by atoms with Gasteiger partial charge in [0.1, 0.15) is 0 Å².